The third-order valence-electron chi connectivity index (χ3n) is 2.17. The summed E-state index contributed by atoms with van der Waals surface area (Å²) < 4.78 is 14.9. The Kier molecular flexibility index (Phi) is 6.79. The van der Waals surface area contributed by atoms with E-state index >= 15 is 0 Å². The molecule has 0 fully saturated rings. The maximum atomic E-state index is 11.3. The van der Waals surface area contributed by atoms with Crippen LogP contribution in [0.2, 0.25) is 0 Å². The fourth-order valence-electron chi connectivity index (χ4n) is 1.32. The minimum absolute atomic E-state index is 0.411. The van der Waals surface area contributed by atoms with Gasteiger partial charge in [0.25, 0.3) is 0 Å². The molecule has 0 atom stereocenters. The summed E-state index contributed by atoms with van der Waals surface area (Å²) in [5.41, 5.74) is 1.27. The first kappa shape index (κ1) is 15.3. The zero-order valence-electron chi connectivity index (χ0n) is 11.3. The summed E-state index contributed by atoms with van der Waals surface area (Å²) >= 11 is 0. The molecule has 0 radical (unpaired) electrons. The van der Waals surface area contributed by atoms with E-state index in [-0.39, 0.29) is 0 Å². The van der Waals surface area contributed by atoms with E-state index in [0.29, 0.717) is 17.1 Å². The average molecular weight is 240 g/mol. The number of benzene rings is 1. The number of methoxy groups -OCH3 is 3. The maximum absolute atomic E-state index is 11.3. The van der Waals surface area contributed by atoms with Crippen molar-refractivity contribution in [3.05, 3.63) is 23.3 Å². The van der Waals surface area contributed by atoms with Crippen LogP contribution in [0.4, 0.5) is 0 Å². The molecular formula is C13H20O4. The van der Waals surface area contributed by atoms with Gasteiger partial charge in [-0.15, -0.1) is 0 Å². The molecule has 0 aromatic heterocycles. The third-order valence-corrected chi connectivity index (χ3v) is 2.17. The Morgan fingerprint density at radius 3 is 1.71 bits per heavy atom. The van der Waals surface area contributed by atoms with Gasteiger partial charge < -0.3 is 14.2 Å². The summed E-state index contributed by atoms with van der Waals surface area (Å²) in [6, 6.07) is 3.26. The molecule has 1 aromatic carbocycles. The Morgan fingerprint density at radius 1 is 1.00 bits per heavy atom. The quantitative estimate of drug-likeness (QED) is 0.762. The van der Waals surface area contributed by atoms with Gasteiger partial charge in [0.05, 0.1) is 26.9 Å². The van der Waals surface area contributed by atoms with Crippen LogP contribution in [-0.2, 0) is 4.74 Å². The van der Waals surface area contributed by atoms with Crippen LogP contribution in [-0.4, -0.2) is 27.3 Å². The van der Waals surface area contributed by atoms with Crippen molar-refractivity contribution in [1.29, 1.82) is 0 Å². The molecule has 0 spiro atoms. The molecule has 0 amide bonds. The molecule has 4 heteroatoms. The zero-order chi connectivity index (χ0) is 13.4. The van der Waals surface area contributed by atoms with Gasteiger partial charge in [-0.2, -0.15) is 0 Å². The Bertz CT molecular complexity index is 347. The van der Waals surface area contributed by atoms with Crippen LogP contribution in [0.15, 0.2) is 12.1 Å². The van der Waals surface area contributed by atoms with Crippen LogP contribution >= 0.6 is 0 Å². The van der Waals surface area contributed by atoms with Crippen LogP contribution in [0.3, 0.4) is 0 Å². The first-order valence-corrected chi connectivity index (χ1v) is 5.45. The number of carbonyl (C=O) groups is 1. The number of hydrogen-bond acceptors (Lipinski definition) is 4. The lowest BCUT2D eigenvalue weighted by Crippen LogP contribution is -2.03. The molecule has 0 aliphatic heterocycles. The summed E-state index contributed by atoms with van der Waals surface area (Å²) in [4.78, 5) is 11.3. The normalized spacial score (nSPS) is 8.82. The first-order valence-electron chi connectivity index (χ1n) is 5.45. The number of esters is 1. The van der Waals surface area contributed by atoms with Gasteiger partial charge in [0, 0.05) is 5.56 Å². The monoisotopic (exact) mass is 240 g/mol. The second kappa shape index (κ2) is 7.54. The van der Waals surface area contributed by atoms with E-state index < -0.39 is 5.97 Å². The highest BCUT2D eigenvalue weighted by Gasteiger charge is 2.13. The van der Waals surface area contributed by atoms with E-state index in [1.54, 1.807) is 26.4 Å². The minimum Gasteiger partial charge on any atom is -0.496 e. The van der Waals surface area contributed by atoms with Gasteiger partial charge in [-0.3, -0.25) is 0 Å². The SMILES string of the molecule is CC.COC(=O)c1cc(OC)c(C)c(OC)c1. The maximum Gasteiger partial charge on any atom is 0.338 e. The van der Waals surface area contributed by atoms with Crippen molar-refractivity contribution in [3.63, 3.8) is 0 Å². The van der Waals surface area contributed by atoms with Crippen LogP contribution in [0.5, 0.6) is 11.5 Å². The Morgan fingerprint density at radius 2 is 1.41 bits per heavy atom. The molecule has 0 N–H and O–H groups in total. The summed E-state index contributed by atoms with van der Waals surface area (Å²) in [6.45, 7) is 5.86. The molecule has 4 nitrogen and oxygen atoms in total. The first-order chi connectivity index (χ1) is 8.13. The Balaban J connectivity index is 0.00000121. The van der Waals surface area contributed by atoms with Crippen LogP contribution in [0, 0.1) is 6.92 Å². The molecular weight excluding hydrogens is 220 g/mol. The van der Waals surface area contributed by atoms with Crippen molar-refractivity contribution in [1.82, 2.24) is 0 Å². The Hall–Kier alpha value is -1.71. The molecule has 0 heterocycles. The molecule has 0 bridgehead atoms. The average Bonchev–Trinajstić information content (AvgIpc) is 2.40. The van der Waals surface area contributed by atoms with Gasteiger partial charge >= 0.3 is 5.97 Å². The van der Waals surface area contributed by atoms with Crippen molar-refractivity contribution in [2.45, 2.75) is 20.8 Å². The standard InChI is InChI=1S/C11H14O4.C2H6/c1-7-9(13-2)5-8(11(12)15-4)6-10(7)14-3;1-2/h5-6H,1-4H3;1-2H3. The molecule has 0 unspecified atom stereocenters. The highest BCUT2D eigenvalue weighted by molar-refractivity contribution is 5.90. The topological polar surface area (TPSA) is 44.8 Å². The largest absolute Gasteiger partial charge is 0.496 e. The van der Waals surface area contributed by atoms with Crippen LogP contribution in [0.25, 0.3) is 0 Å². The lowest BCUT2D eigenvalue weighted by Gasteiger charge is -2.11. The number of carbonyl (C=O) groups excluding carboxylic acids is 1. The molecule has 96 valence electrons. The highest BCUT2D eigenvalue weighted by atomic mass is 16.5. The van der Waals surface area contributed by atoms with Crippen LogP contribution < -0.4 is 9.47 Å². The molecule has 1 aromatic rings. The Labute approximate surface area is 102 Å². The van der Waals surface area contributed by atoms with Gasteiger partial charge in [-0.1, -0.05) is 13.8 Å². The summed E-state index contributed by atoms with van der Waals surface area (Å²) in [6.07, 6.45) is 0. The number of ether oxygens (including phenoxy) is 3. The minimum atomic E-state index is -0.411. The van der Waals surface area contributed by atoms with E-state index in [9.17, 15) is 4.79 Å². The summed E-state index contributed by atoms with van der Waals surface area (Å²) in [5.74, 6) is 0.802. The second-order valence-electron chi connectivity index (χ2n) is 3.00. The van der Waals surface area contributed by atoms with E-state index in [4.69, 9.17) is 9.47 Å². The highest BCUT2D eigenvalue weighted by Crippen LogP contribution is 2.29. The van der Waals surface area contributed by atoms with Crippen molar-refractivity contribution >= 4 is 5.97 Å². The molecule has 0 saturated heterocycles. The van der Waals surface area contributed by atoms with Crippen molar-refractivity contribution < 1.29 is 19.0 Å². The van der Waals surface area contributed by atoms with Gasteiger partial charge in [-0.05, 0) is 19.1 Å². The fraction of sp³-hybridized carbons (Fsp3) is 0.462. The fourth-order valence-corrected chi connectivity index (χ4v) is 1.32. The predicted octanol–water partition coefficient (Wildman–Crippen LogP) is 2.83. The number of rotatable bonds is 3. The van der Waals surface area contributed by atoms with Crippen LogP contribution in [0.1, 0.15) is 29.8 Å². The lowest BCUT2D eigenvalue weighted by atomic mass is 10.1. The van der Waals surface area contributed by atoms with Gasteiger partial charge in [0.15, 0.2) is 0 Å². The van der Waals surface area contributed by atoms with E-state index in [1.807, 2.05) is 20.8 Å². The molecule has 1 rings (SSSR count). The third kappa shape index (κ3) is 3.66. The molecule has 0 aliphatic carbocycles. The van der Waals surface area contributed by atoms with E-state index in [0.717, 1.165) is 5.56 Å². The van der Waals surface area contributed by atoms with Crippen molar-refractivity contribution in [2.75, 3.05) is 21.3 Å². The number of hydrogen-bond donors (Lipinski definition) is 0. The van der Waals surface area contributed by atoms with E-state index in [2.05, 4.69) is 4.74 Å². The zero-order valence-corrected chi connectivity index (χ0v) is 11.3. The molecule has 0 aliphatic rings. The summed E-state index contributed by atoms with van der Waals surface area (Å²) in [5, 5.41) is 0. The van der Waals surface area contributed by atoms with Gasteiger partial charge in [0.2, 0.25) is 0 Å². The summed E-state index contributed by atoms with van der Waals surface area (Å²) in [7, 11) is 4.42. The van der Waals surface area contributed by atoms with Gasteiger partial charge in [0.1, 0.15) is 11.5 Å². The second-order valence-corrected chi connectivity index (χ2v) is 3.00. The lowest BCUT2D eigenvalue weighted by molar-refractivity contribution is 0.0600. The van der Waals surface area contributed by atoms with Crippen molar-refractivity contribution in [3.8, 4) is 11.5 Å². The predicted molar refractivity (Wildman–Crippen MR) is 67.0 cm³/mol. The van der Waals surface area contributed by atoms with Gasteiger partial charge in [-0.25, -0.2) is 4.79 Å². The molecule has 17 heavy (non-hydrogen) atoms. The smallest absolute Gasteiger partial charge is 0.338 e. The molecule has 0 saturated carbocycles. The van der Waals surface area contributed by atoms with Crippen molar-refractivity contribution in [2.24, 2.45) is 0 Å². The van der Waals surface area contributed by atoms with E-state index in [1.165, 1.54) is 7.11 Å².